The number of hydrogen-bond acceptors (Lipinski definition) is 5. The van der Waals surface area contributed by atoms with Crippen LogP contribution in [0.4, 0.5) is 0 Å². The van der Waals surface area contributed by atoms with Crippen LogP contribution in [0, 0.1) is 0 Å². The predicted octanol–water partition coefficient (Wildman–Crippen LogP) is 1.18. The molecule has 0 unspecified atom stereocenters. The van der Waals surface area contributed by atoms with E-state index in [9.17, 15) is 14.4 Å². The van der Waals surface area contributed by atoms with E-state index in [-0.39, 0.29) is 25.0 Å². The molecular formula is C13H23NO5. The average Bonchev–Trinajstić information content (AvgIpc) is 2.24. The quantitative estimate of drug-likeness (QED) is 0.671. The van der Waals surface area contributed by atoms with Crippen molar-refractivity contribution in [1.82, 2.24) is 5.32 Å². The molecule has 0 aliphatic rings. The number of rotatable bonds is 8. The molecule has 0 heterocycles. The van der Waals surface area contributed by atoms with Gasteiger partial charge in [0, 0.05) is 13.8 Å². The summed E-state index contributed by atoms with van der Waals surface area (Å²) >= 11 is 0. The third-order valence-electron chi connectivity index (χ3n) is 2.31. The van der Waals surface area contributed by atoms with Crippen LogP contribution in [-0.2, 0) is 23.9 Å². The first-order valence-electron chi connectivity index (χ1n) is 6.45. The van der Waals surface area contributed by atoms with Crippen LogP contribution in [-0.4, -0.2) is 36.6 Å². The molecule has 0 spiro atoms. The van der Waals surface area contributed by atoms with Crippen LogP contribution in [0.2, 0.25) is 0 Å². The van der Waals surface area contributed by atoms with Crippen LogP contribution in [0.1, 0.15) is 47.0 Å². The fourth-order valence-electron chi connectivity index (χ4n) is 1.65. The highest BCUT2D eigenvalue weighted by molar-refractivity contribution is 5.73. The molecular weight excluding hydrogens is 250 g/mol. The summed E-state index contributed by atoms with van der Waals surface area (Å²) in [6.07, 6.45) is 1.13. The highest BCUT2D eigenvalue weighted by Crippen LogP contribution is 2.03. The zero-order valence-corrected chi connectivity index (χ0v) is 12.0. The van der Waals surface area contributed by atoms with Gasteiger partial charge in [-0.2, -0.15) is 0 Å². The fourth-order valence-corrected chi connectivity index (χ4v) is 1.65. The van der Waals surface area contributed by atoms with Crippen molar-refractivity contribution in [3.8, 4) is 0 Å². The van der Waals surface area contributed by atoms with Crippen molar-refractivity contribution in [2.75, 3.05) is 6.61 Å². The van der Waals surface area contributed by atoms with Crippen LogP contribution >= 0.6 is 0 Å². The molecule has 0 saturated heterocycles. The molecule has 0 aromatic heterocycles. The molecule has 1 N–H and O–H groups in total. The lowest BCUT2D eigenvalue weighted by molar-refractivity contribution is -0.153. The van der Waals surface area contributed by atoms with Gasteiger partial charge in [-0.15, -0.1) is 0 Å². The minimum absolute atomic E-state index is 0.0124. The van der Waals surface area contributed by atoms with E-state index in [0.717, 1.165) is 12.8 Å². The number of carbonyl (C=O) groups excluding carboxylic acids is 3. The summed E-state index contributed by atoms with van der Waals surface area (Å²) in [7, 11) is 0. The molecule has 0 aliphatic carbocycles. The number of amides is 1. The second-order valence-electron chi connectivity index (χ2n) is 4.49. The van der Waals surface area contributed by atoms with E-state index in [1.807, 2.05) is 6.92 Å². The fraction of sp³-hybridized carbons (Fsp3) is 0.769. The first-order valence-corrected chi connectivity index (χ1v) is 6.45. The lowest BCUT2D eigenvalue weighted by Crippen LogP contribution is -2.37. The Hall–Kier alpha value is -1.59. The molecule has 0 rings (SSSR count). The summed E-state index contributed by atoms with van der Waals surface area (Å²) in [6, 6.07) is -0.171. The van der Waals surface area contributed by atoms with Gasteiger partial charge < -0.3 is 14.8 Å². The number of nitrogens with one attached hydrogen (secondary N) is 1. The summed E-state index contributed by atoms with van der Waals surface area (Å²) in [6.45, 7) is 6.46. The summed E-state index contributed by atoms with van der Waals surface area (Å²) in [5.41, 5.74) is 0. The molecule has 0 aromatic carbocycles. The van der Waals surface area contributed by atoms with Crippen molar-refractivity contribution in [2.24, 2.45) is 0 Å². The van der Waals surface area contributed by atoms with Crippen molar-refractivity contribution in [2.45, 2.75) is 59.1 Å². The second-order valence-corrected chi connectivity index (χ2v) is 4.49. The predicted molar refractivity (Wildman–Crippen MR) is 69.3 cm³/mol. The zero-order valence-electron chi connectivity index (χ0n) is 12.0. The third-order valence-corrected chi connectivity index (χ3v) is 2.31. The first kappa shape index (κ1) is 17.4. The maximum Gasteiger partial charge on any atom is 0.309 e. The Morgan fingerprint density at radius 1 is 1.21 bits per heavy atom. The minimum atomic E-state index is -0.504. The molecule has 0 aliphatic heterocycles. The van der Waals surface area contributed by atoms with Crippen LogP contribution < -0.4 is 5.32 Å². The molecule has 6 nitrogen and oxygen atoms in total. The molecule has 6 heteroatoms. The highest BCUT2D eigenvalue weighted by Gasteiger charge is 2.15. The molecule has 19 heavy (non-hydrogen) atoms. The molecule has 110 valence electrons. The van der Waals surface area contributed by atoms with E-state index in [1.54, 1.807) is 6.92 Å². The van der Waals surface area contributed by atoms with E-state index >= 15 is 0 Å². The van der Waals surface area contributed by atoms with Gasteiger partial charge in [0.15, 0.2) is 0 Å². The lowest BCUT2D eigenvalue weighted by atomic mass is 10.2. The van der Waals surface area contributed by atoms with Gasteiger partial charge in [0.1, 0.15) is 12.7 Å². The average molecular weight is 273 g/mol. The van der Waals surface area contributed by atoms with Gasteiger partial charge in [0.05, 0.1) is 12.5 Å². The Balaban J connectivity index is 4.03. The second kappa shape index (κ2) is 9.35. The highest BCUT2D eigenvalue weighted by atomic mass is 16.6. The number of hydrogen-bond donors (Lipinski definition) is 1. The van der Waals surface area contributed by atoms with E-state index in [1.165, 1.54) is 13.8 Å². The number of ether oxygens (including phenoxy) is 2. The topological polar surface area (TPSA) is 81.7 Å². The van der Waals surface area contributed by atoms with E-state index in [2.05, 4.69) is 5.32 Å². The third kappa shape index (κ3) is 10.1. The SMILES string of the molecule is CCC[C@@H](COC(=O)C[C@@H](C)OC(C)=O)NC(C)=O. The maximum atomic E-state index is 11.5. The normalized spacial score (nSPS) is 13.3. The van der Waals surface area contributed by atoms with Gasteiger partial charge in [0.2, 0.25) is 5.91 Å². The van der Waals surface area contributed by atoms with Crippen molar-refractivity contribution in [1.29, 1.82) is 0 Å². The molecule has 0 fully saturated rings. The van der Waals surface area contributed by atoms with Crippen molar-refractivity contribution < 1.29 is 23.9 Å². The zero-order chi connectivity index (χ0) is 14.8. The van der Waals surface area contributed by atoms with Crippen LogP contribution in [0.3, 0.4) is 0 Å². The molecule has 2 atom stereocenters. The van der Waals surface area contributed by atoms with E-state index < -0.39 is 18.0 Å². The number of esters is 2. The number of carbonyl (C=O) groups is 3. The van der Waals surface area contributed by atoms with Crippen molar-refractivity contribution in [3.05, 3.63) is 0 Å². The smallest absolute Gasteiger partial charge is 0.309 e. The Bertz CT molecular complexity index is 316. The van der Waals surface area contributed by atoms with Gasteiger partial charge in [-0.05, 0) is 13.3 Å². The van der Waals surface area contributed by atoms with Gasteiger partial charge in [-0.1, -0.05) is 13.3 Å². The molecule has 0 saturated carbocycles. The van der Waals surface area contributed by atoms with Crippen molar-refractivity contribution in [3.63, 3.8) is 0 Å². The Labute approximate surface area is 113 Å². The summed E-state index contributed by atoms with van der Waals surface area (Å²) < 4.78 is 9.90. The summed E-state index contributed by atoms with van der Waals surface area (Å²) in [5, 5.41) is 2.72. The minimum Gasteiger partial charge on any atom is -0.463 e. The standard InChI is InChI=1S/C13H23NO5/c1-5-6-12(14-10(3)15)8-18-13(17)7-9(2)19-11(4)16/h9,12H,5-8H2,1-4H3,(H,14,15)/t9-,12+/m1/s1. The van der Waals surface area contributed by atoms with Gasteiger partial charge in [-0.25, -0.2) is 0 Å². The van der Waals surface area contributed by atoms with Gasteiger partial charge in [0.25, 0.3) is 0 Å². The lowest BCUT2D eigenvalue weighted by Gasteiger charge is -2.18. The Morgan fingerprint density at radius 3 is 2.32 bits per heavy atom. The van der Waals surface area contributed by atoms with Crippen molar-refractivity contribution >= 4 is 17.8 Å². The summed E-state index contributed by atoms with van der Waals surface area (Å²) in [5.74, 6) is -1.02. The van der Waals surface area contributed by atoms with Crippen LogP contribution in [0.25, 0.3) is 0 Å². The maximum absolute atomic E-state index is 11.5. The van der Waals surface area contributed by atoms with Gasteiger partial charge >= 0.3 is 11.9 Å². The van der Waals surface area contributed by atoms with Crippen LogP contribution in [0.5, 0.6) is 0 Å². The van der Waals surface area contributed by atoms with Crippen LogP contribution in [0.15, 0.2) is 0 Å². The Kier molecular flexibility index (Phi) is 8.57. The molecule has 0 radical (unpaired) electrons. The van der Waals surface area contributed by atoms with Gasteiger partial charge in [-0.3, -0.25) is 14.4 Å². The molecule has 1 amide bonds. The Morgan fingerprint density at radius 2 is 1.84 bits per heavy atom. The largest absolute Gasteiger partial charge is 0.463 e. The summed E-state index contributed by atoms with van der Waals surface area (Å²) in [4.78, 5) is 33.2. The molecule has 0 bridgehead atoms. The van der Waals surface area contributed by atoms with E-state index in [4.69, 9.17) is 9.47 Å². The monoisotopic (exact) mass is 273 g/mol. The van der Waals surface area contributed by atoms with E-state index in [0.29, 0.717) is 0 Å². The molecule has 0 aromatic rings. The first-order chi connectivity index (χ1) is 8.85.